The number of nitrogens with zero attached hydrogens (tertiary/aromatic N) is 3. The fraction of sp³-hybridized carbons (Fsp3) is 0.448. The molecule has 1 aromatic heterocycles. The summed E-state index contributed by atoms with van der Waals surface area (Å²) in [5.41, 5.74) is 1.97. The van der Waals surface area contributed by atoms with Crippen molar-refractivity contribution in [2.24, 2.45) is 0 Å². The minimum atomic E-state index is -0.519. The van der Waals surface area contributed by atoms with Crippen molar-refractivity contribution in [1.82, 2.24) is 14.8 Å². The lowest BCUT2D eigenvalue weighted by Gasteiger charge is -2.34. The van der Waals surface area contributed by atoms with Gasteiger partial charge in [0.1, 0.15) is 5.60 Å². The molecule has 1 atom stereocenters. The molecular formula is C29H39N3O2. The average molecular weight is 462 g/mol. The Morgan fingerprint density at radius 2 is 1.76 bits per heavy atom. The highest BCUT2D eigenvalue weighted by Gasteiger charge is 2.25. The first-order chi connectivity index (χ1) is 16.2. The Morgan fingerprint density at radius 3 is 2.47 bits per heavy atom. The van der Waals surface area contributed by atoms with E-state index in [9.17, 15) is 4.79 Å². The van der Waals surface area contributed by atoms with Crippen molar-refractivity contribution >= 4 is 16.9 Å². The summed E-state index contributed by atoms with van der Waals surface area (Å²) in [6.07, 6.45) is 5.35. The van der Waals surface area contributed by atoms with Crippen LogP contribution in [-0.4, -0.2) is 52.2 Å². The maximum Gasteiger partial charge on any atom is 0.410 e. The molecule has 5 nitrogen and oxygen atoms in total. The number of benzene rings is 2. The van der Waals surface area contributed by atoms with Crippen LogP contribution >= 0.6 is 0 Å². The molecule has 0 aliphatic heterocycles. The van der Waals surface area contributed by atoms with Gasteiger partial charge >= 0.3 is 6.09 Å². The summed E-state index contributed by atoms with van der Waals surface area (Å²) in [4.78, 5) is 21.6. The van der Waals surface area contributed by atoms with E-state index in [0.717, 1.165) is 31.3 Å². The van der Waals surface area contributed by atoms with Crippen molar-refractivity contribution < 1.29 is 9.53 Å². The molecule has 182 valence electrons. The number of rotatable bonds is 10. The van der Waals surface area contributed by atoms with Crippen LogP contribution in [0.4, 0.5) is 4.79 Å². The van der Waals surface area contributed by atoms with Crippen LogP contribution in [-0.2, 0) is 17.7 Å². The predicted molar refractivity (Wildman–Crippen MR) is 140 cm³/mol. The van der Waals surface area contributed by atoms with E-state index in [1.165, 1.54) is 16.5 Å². The van der Waals surface area contributed by atoms with Crippen molar-refractivity contribution in [3.8, 4) is 0 Å². The first-order valence-electron chi connectivity index (χ1n) is 12.3. The van der Waals surface area contributed by atoms with Crippen LogP contribution in [0.15, 0.2) is 67.0 Å². The Balaban J connectivity index is 1.73. The van der Waals surface area contributed by atoms with Crippen LogP contribution in [0.1, 0.15) is 52.2 Å². The summed E-state index contributed by atoms with van der Waals surface area (Å²) in [7, 11) is 0. The second-order valence-corrected chi connectivity index (χ2v) is 10.0. The number of amides is 1. The molecule has 0 fully saturated rings. The molecule has 34 heavy (non-hydrogen) atoms. The number of hydrogen-bond acceptors (Lipinski definition) is 4. The molecule has 0 unspecified atom stereocenters. The molecule has 0 aliphatic rings. The van der Waals surface area contributed by atoms with Crippen LogP contribution in [0, 0.1) is 0 Å². The van der Waals surface area contributed by atoms with Gasteiger partial charge in [-0.05, 0) is 75.7 Å². The summed E-state index contributed by atoms with van der Waals surface area (Å²) in [6.45, 7) is 13.2. The van der Waals surface area contributed by atoms with Gasteiger partial charge in [0.05, 0.1) is 0 Å². The molecule has 1 heterocycles. The fourth-order valence-corrected chi connectivity index (χ4v) is 4.13. The monoisotopic (exact) mass is 461 g/mol. The molecule has 2 aromatic carbocycles. The van der Waals surface area contributed by atoms with Gasteiger partial charge in [0.2, 0.25) is 0 Å². The molecular weight excluding hydrogens is 422 g/mol. The van der Waals surface area contributed by atoms with E-state index < -0.39 is 5.60 Å². The Labute approximate surface area is 204 Å². The Hall–Kier alpha value is -2.92. The molecule has 0 saturated heterocycles. The zero-order valence-electron chi connectivity index (χ0n) is 21.3. The Kier molecular flexibility index (Phi) is 9.05. The standard InChI is InChI=1S/C29H39N3O2/c1-6-17-31(22-25-12-13-27-20-30-16-14-26(27)19-25)23(2)21-32(28(33)34-29(3,4)5)18-15-24-10-8-7-9-11-24/h7-14,16,19-20,23H,6,15,17-18,21-22H2,1-5H3/t23-/m1/s1. The summed E-state index contributed by atoms with van der Waals surface area (Å²) in [5.74, 6) is 0. The van der Waals surface area contributed by atoms with Crippen molar-refractivity contribution in [3.05, 3.63) is 78.1 Å². The van der Waals surface area contributed by atoms with Gasteiger partial charge in [0.25, 0.3) is 0 Å². The normalized spacial score (nSPS) is 12.6. The maximum absolute atomic E-state index is 13.1. The van der Waals surface area contributed by atoms with Gasteiger partial charge in [-0.15, -0.1) is 0 Å². The molecule has 3 rings (SSSR count). The molecule has 3 aromatic rings. The quantitative estimate of drug-likeness (QED) is 0.355. The van der Waals surface area contributed by atoms with Crippen molar-refractivity contribution in [3.63, 3.8) is 0 Å². The fourth-order valence-electron chi connectivity index (χ4n) is 4.13. The minimum absolute atomic E-state index is 0.191. The number of ether oxygens (including phenoxy) is 1. The van der Waals surface area contributed by atoms with Crippen LogP contribution in [0.2, 0.25) is 0 Å². The van der Waals surface area contributed by atoms with Crippen LogP contribution in [0.5, 0.6) is 0 Å². The van der Waals surface area contributed by atoms with Gasteiger partial charge < -0.3 is 9.64 Å². The number of carbonyl (C=O) groups excluding carboxylic acids is 1. The van der Waals surface area contributed by atoms with Crippen LogP contribution in [0.3, 0.4) is 0 Å². The zero-order chi connectivity index (χ0) is 24.6. The third kappa shape index (κ3) is 7.84. The second-order valence-electron chi connectivity index (χ2n) is 10.0. The highest BCUT2D eigenvalue weighted by atomic mass is 16.6. The third-order valence-electron chi connectivity index (χ3n) is 5.87. The van der Waals surface area contributed by atoms with E-state index >= 15 is 0 Å². The van der Waals surface area contributed by atoms with Crippen molar-refractivity contribution in [1.29, 1.82) is 0 Å². The third-order valence-corrected chi connectivity index (χ3v) is 5.87. The van der Waals surface area contributed by atoms with Gasteiger partial charge in [-0.3, -0.25) is 9.88 Å². The topological polar surface area (TPSA) is 45.7 Å². The summed E-state index contributed by atoms with van der Waals surface area (Å²) < 4.78 is 5.76. The first kappa shape index (κ1) is 25.7. The van der Waals surface area contributed by atoms with Gasteiger partial charge in [0, 0.05) is 43.5 Å². The molecule has 0 aliphatic carbocycles. The van der Waals surface area contributed by atoms with Gasteiger partial charge in [-0.1, -0.05) is 49.4 Å². The molecule has 0 N–H and O–H groups in total. The largest absolute Gasteiger partial charge is 0.444 e. The maximum atomic E-state index is 13.1. The van der Waals surface area contributed by atoms with Crippen LogP contribution in [0.25, 0.3) is 10.8 Å². The first-order valence-corrected chi connectivity index (χ1v) is 12.3. The van der Waals surface area contributed by atoms with E-state index in [2.05, 4.69) is 60.1 Å². The molecule has 0 saturated carbocycles. The molecule has 0 bridgehead atoms. The summed E-state index contributed by atoms with van der Waals surface area (Å²) in [5, 5.41) is 2.35. The molecule has 5 heteroatoms. The lowest BCUT2D eigenvalue weighted by atomic mass is 10.1. The average Bonchev–Trinajstić information content (AvgIpc) is 2.80. The lowest BCUT2D eigenvalue weighted by Crippen LogP contribution is -2.46. The Bertz CT molecular complexity index is 1050. The SMILES string of the molecule is CCCN(Cc1ccc2cnccc2c1)[C@H](C)CN(CCc1ccccc1)C(=O)OC(C)(C)C. The number of hydrogen-bond donors (Lipinski definition) is 0. The van der Waals surface area contributed by atoms with Gasteiger partial charge in [0.15, 0.2) is 0 Å². The highest BCUT2D eigenvalue weighted by molar-refractivity contribution is 5.82. The minimum Gasteiger partial charge on any atom is -0.444 e. The summed E-state index contributed by atoms with van der Waals surface area (Å²) >= 11 is 0. The number of pyridine rings is 1. The lowest BCUT2D eigenvalue weighted by molar-refractivity contribution is 0.0192. The van der Waals surface area contributed by atoms with Crippen molar-refractivity contribution in [2.45, 2.75) is 65.6 Å². The smallest absolute Gasteiger partial charge is 0.410 e. The summed E-state index contributed by atoms with van der Waals surface area (Å²) in [6, 6.07) is 19.1. The van der Waals surface area contributed by atoms with Gasteiger partial charge in [-0.2, -0.15) is 0 Å². The van der Waals surface area contributed by atoms with Crippen LogP contribution < -0.4 is 0 Å². The van der Waals surface area contributed by atoms with E-state index in [1.54, 1.807) is 0 Å². The predicted octanol–water partition coefficient (Wildman–Crippen LogP) is 6.32. The number of carbonyl (C=O) groups is 1. The number of fused-ring (bicyclic) bond motifs is 1. The van der Waals surface area contributed by atoms with E-state index in [-0.39, 0.29) is 12.1 Å². The molecule has 0 spiro atoms. The van der Waals surface area contributed by atoms with E-state index in [4.69, 9.17) is 4.74 Å². The second kappa shape index (κ2) is 12.0. The molecule has 1 amide bonds. The number of aromatic nitrogens is 1. The van der Waals surface area contributed by atoms with E-state index in [0.29, 0.717) is 13.1 Å². The highest BCUT2D eigenvalue weighted by Crippen LogP contribution is 2.18. The van der Waals surface area contributed by atoms with Crippen molar-refractivity contribution in [2.75, 3.05) is 19.6 Å². The van der Waals surface area contributed by atoms with E-state index in [1.807, 2.05) is 56.3 Å². The molecule has 0 radical (unpaired) electrons. The zero-order valence-corrected chi connectivity index (χ0v) is 21.3. The van der Waals surface area contributed by atoms with Gasteiger partial charge in [-0.25, -0.2) is 4.79 Å². The Morgan fingerprint density at radius 1 is 1.00 bits per heavy atom.